The molecule has 6 aromatic carbocycles. The number of benzene rings is 6. The van der Waals surface area contributed by atoms with Crippen molar-refractivity contribution in [3.63, 3.8) is 0 Å². The summed E-state index contributed by atoms with van der Waals surface area (Å²) in [5, 5.41) is -0.363. The van der Waals surface area contributed by atoms with Crippen LogP contribution in [-0.4, -0.2) is 255 Å². The number of methoxy groups -OCH3 is 1. The van der Waals surface area contributed by atoms with E-state index in [2.05, 4.69) is 149 Å². The second-order valence-electron chi connectivity index (χ2n) is 44.8. The second-order valence-corrected chi connectivity index (χ2v) is 52.2. The molecule has 148 heavy (non-hydrogen) atoms. The standard InChI is InChI=1S/2C41H55N3O6S.C38H50N2O5S/c2*1-3-34(45)27-51(47)23-6-4-5-9-38(49-22-19-43-17-20-48-21-18-43)35-13-11-33(35)26-44-28-41(16-7-8-31-24-30(2)10-14-36(31)41)29-50-39-15-12-32(25-37(39)44)40(46)42-51;1-5-30(41)23-46(43)31(6-2)11-7-8-12-35(44-4)32-16-14-29(32)22-40-24-38(19-9-10-27-20-26(3)13-17-33(27)38)25-45-36-18-15-28(21-34(36)40)37(42)39-46/h2*5,9-10,12,14-15,24-25,33,35,38H,3-4,6-8,11,13,16-23,26-29H2,1-2H3;8,12-13,15,17-18,20-21,29,31-32,35H,5-7,9-11,14,16,19,22-25H2,1-4H3/b2*9-5+;12-8+/t33-,35+,38-,41-,51+;33-,35+,38-,41-,51-;29-,31+,32+,35-,38-,46-/m000/s1. The SMILES string of the molecule is CCC(=O)C[S@@]1(=O)=NC(=O)c2ccc3c(c2)N(C[C@@H]2CC[C@H]2[C@@H](OC)/C=C/CC[C@H]1CC)C[C@@]1(CCCc2cc(C)ccc21)CO3.CCC(=O)C[S@@]1(=O)=NC(=O)c2ccc3c(c2)N(C[C@@H]2CC[C@H]2[C@@H](OCCN2CCOCC2)/C=C/CCC1)C[C@@]1(CCCc2cc(C)ccc21)CO3.CCC(=O)C[S@]1(=O)=NC(=O)c2ccc3c(c2)N(C[C@@H]2CC[C@H]2[C@@H](OCCN2CCOCC2)/C=C/CCC1)C[C@@]1(CCCc2cc(C)ccc21)CO3. The second kappa shape index (κ2) is 48.9. The van der Waals surface area contributed by atoms with Gasteiger partial charge in [0, 0.05) is 155 Å². The summed E-state index contributed by atoms with van der Waals surface area (Å²) in [7, 11) is -7.49. The van der Waals surface area contributed by atoms with E-state index in [0.717, 1.165) is 236 Å². The lowest BCUT2D eigenvalue weighted by molar-refractivity contribution is -0.117. The molecule has 8 aliphatic heterocycles. The lowest BCUT2D eigenvalue weighted by Crippen LogP contribution is -2.50. The van der Waals surface area contributed by atoms with Gasteiger partial charge < -0.3 is 52.6 Å². The highest BCUT2D eigenvalue weighted by atomic mass is 32.2. The van der Waals surface area contributed by atoms with Crippen LogP contribution < -0.4 is 28.9 Å². The molecule has 3 saturated carbocycles. The maximum absolute atomic E-state index is 14.5. The fourth-order valence-corrected chi connectivity index (χ4v) is 32.4. The third kappa shape index (κ3) is 25.5. The van der Waals surface area contributed by atoms with Crippen molar-refractivity contribution in [2.45, 2.75) is 249 Å². The van der Waals surface area contributed by atoms with E-state index < -0.39 is 46.9 Å². The molecule has 16 atom stereocenters. The van der Waals surface area contributed by atoms with Crippen LogP contribution in [0.5, 0.6) is 17.2 Å². The molecular weight excluding hydrogens is 1920 g/mol. The molecule has 0 unspecified atom stereocenters. The predicted octanol–water partition coefficient (Wildman–Crippen LogP) is 19.5. The van der Waals surface area contributed by atoms with Gasteiger partial charge in [0.15, 0.2) is 0 Å². The Balaban J connectivity index is 0.000000145. The van der Waals surface area contributed by atoms with Crippen molar-refractivity contribution in [1.29, 1.82) is 0 Å². The number of nitrogens with zero attached hydrogens (tertiary/aromatic N) is 8. The molecule has 6 aliphatic carbocycles. The van der Waals surface area contributed by atoms with E-state index in [9.17, 15) is 41.4 Å². The summed E-state index contributed by atoms with van der Waals surface area (Å²) in [5.41, 5.74) is 15.5. The molecule has 3 amide bonds. The first-order valence-electron chi connectivity index (χ1n) is 55.7. The Morgan fingerprint density at radius 3 is 1.14 bits per heavy atom. The highest BCUT2D eigenvalue weighted by molar-refractivity contribution is 7.95. The molecule has 8 heterocycles. The fraction of sp³-hybridized carbons (Fsp3) is 0.600. The molecule has 0 aromatic heterocycles. The third-order valence-corrected chi connectivity index (χ3v) is 42.0. The number of carbonyl (C=O) groups excluding carboxylic acids is 6. The van der Waals surface area contributed by atoms with Crippen molar-refractivity contribution in [3.8, 4) is 17.2 Å². The highest BCUT2D eigenvalue weighted by Crippen LogP contribution is 2.53. The van der Waals surface area contributed by atoms with Gasteiger partial charge in [-0.3, -0.25) is 38.6 Å². The molecular formula is C120H160N8O17S3. The Bertz CT molecular complexity index is 6040. The number of rotatable bonds is 19. The van der Waals surface area contributed by atoms with Crippen molar-refractivity contribution < 1.29 is 79.3 Å². The van der Waals surface area contributed by atoms with E-state index in [4.69, 9.17) is 37.9 Å². The number of allylic oxidation sites excluding steroid dienone is 3. The van der Waals surface area contributed by atoms with Gasteiger partial charge in [-0.1, -0.05) is 135 Å². The van der Waals surface area contributed by atoms with Gasteiger partial charge in [0.1, 0.15) is 34.6 Å². The Kier molecular flexibility index (Phi) is 35.9. The number of carbonyl (C=O) groups is 6. The van der Waals surface area contributed by atoms with Gasteiger partial charge in [0.05, 0.1) is 141 Å². The van der Waals surface area contributed by atoms with Crippen LogP contribution in [0.15, 0.2) is 159 Å². The molecule has 800 valence electrons. The normalized spacial score (nSPS) is 31.0. The van der Waals surface area contributed by atoms with E-state index in [1.165, 1.54) is 50.1 Å². The summed E-state index contributed by atoms with van der Waals surface area (Å²) in [6.45, 7) is 30.3. The number of hydrogen-bond donors (Lipinski definition) is 0. The minimum Gasteiger partial charge on any atom is -0.490 e. The van der Waals surface area contributed by atoms with E-state index in [0.29, 0.717) is 130 Å². The maximum Gasteiger partial charge on any atom is 0.285 e. The molecule has 6 bridgehead atoms. The number of ether oxygens (including phenoxy) is 8. The van der Waals surface area contributed by atoms with Crippen LogP contribution in [0.4, 0.5) is 17.1 Å². The number of hydrogen-bond acceptors (Lipinski definition) is 22. The van der Waals surface area contributed by atoms with Gasteiger partial charge in [-0.25, -0.2) is 12.6 Å². The van der Waals surface area contributed by atoms with Crippen LogP contribution in [-0.2, 0) is 103 Å². The number of ketones is 3. The van der Waals surface area contributed by atoms with E-state index in [1.54, 1.807) is 46.1 Å². The predicted molar refractivity (Wildman–Crippen MR) is 587 cm³/mol. The van der Waals surface area contributed by atoms with E-state index in [-0.39, 0.29) is 105 Å². The molecule has 20 rings (SSSR count). The summed E-state index contributed by atoms with van der Waals surface area (Å²) in [6, 6.07) is 37.3. The number of fused-ring (bicyclic) bond motifs is 12. The first-order valence-corrected chi connectivity index (χ1v) is 61.2. The molecule has 0 radical (unpaired) electrons. The summed E-state index contributed by atoms with van der Waals surface area (Å²) in [4.78, 5) is 91.5. The van der Waals surface area contributed by atoms with E-state index in [1.807, 2.05) is 43.3 Å². The minimum atomic E-state index is -3.13. The Morgan fingerprint density at radius 2 is 0.777 bits per heavy atom. The number of aryl methyl sites for hydroxylation is 6. The van der Waals surface area contributed by atoms with Gasteiger partial charge in [-0.2, -0.15) is 13.1 Å². The lowest BCUT2D eigenvalue weighted by atomic mass is 9.68. The Labute approximate surface area is 880 Å². The van der Waals surface area contributed by atoms with Gasteiger partial charge in [0.25, 0.3) is 17.7 Å². The molecule has 6 aromatic rings. The number of anilines is 3. The quantitative estimate of drug-likeness (QED) is 0.0681. The first kappa shape index (κ1) is 109. The minimum absolute atomic E-state index is 0.00500. The van der Waals surface area contributed by atoms with Crippen LogP contribution >= 0.6 is 0 Å². The summed E-state index contributed by atoms with van der Waals surface area (Å²) >= 11 is 0. The molecule has 28 heteroatoms. The van der Waals surface area contributed by atoms with Crippen molar-refractivity contribution in [2.75, 3.05) is 189 Å². The first-order chi connectivity index (χ1) is 71.7. The monoisotopic (exact) mass is 2080 g/mol. The van der Waals surface area contributed by atoms with Crippen molar-refractivity contribution in [2.24, 2.45) is 48.6 Å². The van der Waals surface area contributed by atoms with Crippen LogP contribution in [0.3, 0.4) is 0 Å². The van der Waals surface area contributed by atoms with Crippen LogP contribution in [0.1, 0.15) is 250 Å². The van der Waals surface area contributed by atoms with Gasteiger partial charge in [-0.05, 0) is 286 Å². The third-order valence-electron chi connectivity index (χ3n) is 34.7. The molecule has 0 N–H and O–H groups in total. The summed E-state index contributed by atoms with van der Waals surface area (Å²) in [5.74, 6) is 2.55. The van der Waals surface area contributed by atoms with Crippen LogP contribution in [0, 0.1) is 56.3 Å². The van der Waals surface area contributed by atoms with Gasteiger partial charge >= 0.3 is 0 Å². The molecule has 3 spiro atoms. The molecule has 5 fully saturated rings. The molecule has 2 saturated heterocycles. The topological polar surface area (TPSA) is 281 Å². The van der Waals surface area contributed by atoms with Gasteiger partial charge in [0.2, 0.25) is 0 Å². The smallest absolute Gasteiger partial charge is 0.285 e. The zero-order valence-electron chi connectivity index (χ0n) is 88.9. The van der Waals surface area contributed by atoms with Crippen LogP contribution in [0.25, 0.3) is 0 Å². The average Bonchev–Trinajstić information content (AvgIpc) is 1.49. The van der Waals surface area contributed by atoms with Crippen molar-refractivity contribution >= 4 is 81.3 Å². The number of amides is 3. The molecule has 25 nitrogen and oxygen atoms in total. The highest BCUT2D eigenvalue weighted by Gasteiger charge is 2.50. The lowest BCUT2D eigenvalue weighted by Gasteiger charge is -2.46. The largest absolute Gasteiger partial charge is 0.490 e. The van der Waals surface area contributed by atoms with Crippen molar-refractivity contribution in [1.82, 2.24) is 9.80 Å². The van der Waals surface area contributed by atoms with Crippen molar-refractivity contribution in [3.05, 3.63) is 212 Å². The fourth-order valence-electron chi connectivity index (χ4n) is 25.8. The Morgan fingerprint density at radius 1 is 0.419 bits per heavy atom. The molecule has 14 aliphatic rings. The number of Topliss-reactive ketones (excluding diaryl/α,β-unsaturated/α-hetero) is 3. The van der Waals surface area contributed by atoms with Crippen LogP contribution in [0.2, 0.25) is 0 Å². The summed E-state index contributed by atoms with van der Waals surface area (Å²) in [6.07, 6.45) is 34.6. The maximum atomic E-state index is 14.5. The average molecular weight is 2080 g/mol. The zero-order chi connectivity index (χ0) is 103. The number of morpholine rings is 2. The van der Waals surface area contributed by atoms with Gasteiger partial charge in [-0.15, -0.1) is 0 Å². The zero-order valence-corrected chi connectivity index (χ0v) is 91.4. The summed E-state index contributed by atoms with van der Waals surface area (Å²) < 4.78 is 107. The Hall–Kier alpha value is -9.07. The van der Waals surface area contributed by atoms with E-state index >= 15 is 0 Å².